The van der Waals surface area contributed by atoms with Gasteiger partial charge in [0.25, 0.3) is 11.8 Å². The molecule has 3 amide bonds. The van der Waals surface area contributed by atoms with Crippen molar-refractivity contribution in [2.45, 2.75) is 50.5 Å². The van der Waals surface area contributed by atoms with Crippen LogP contribution in [0.3, 0.4) is 0 Å². The molecule has 10 heteroatoms. The van der Waals surface area contributed by atoms with Crippen LogP contribution in [0.15, 0.2) is 42.5 Å². The highest BCUT2D eigenvalue weighted by molar-refractivity contribution is 6.01. The van der Waals surface area contributed by atoms with Gasteiger partial charge in [0.05, 0.1) is 26.9 Å². The quantitative estimate of drug-likeness (QED) is 0.564. The molecular weight excluding hydrogens is 514 g/mol. The fourth-order valence-electron chi connectivity index (χ4n) is 5.93. The number of amides is 3. The average Bonchev–Trinajstić information content (AvgIpc) is 3.64. The molecule has 2 aromatic carbocycles. The molecule has 0 aliphatic carbocycles. The predicted octanol–water partition coefficient (Wildman–Crippen LogP) is 2.78. The maximum absolute atomic E-state index is 14.0. The number of rotatable bonds is 7. The number of methoxy groups -OCH3 is 2. The van der Waals surface area contributed by atoms with Gasteiger partial charge in [0.1, 0.15) is 28.8 Å². The van der Waals surface area contributed by atoms with Gasteiger partial charge in [-0.1, -0.05) is 24.3 Å². The highest BCUT2D eigenvalue weighted by Gasteiger charge is 2.54. The number of aryl methyl sites for hydroxylation is 1. The lowest BCUT2D eigenvalue weighted by Gasteiger charge is -2.44. The van der Waals surface area contributed by atoms with E-state index in [1.165, 1.54) is 14.2 Å². The third-order valence-electron chi connectivity index (χ3n) is 8.16. The minimum atomic E-state index is -1.01. The highest BCUT2D eigenvalue weighted by Crippen LogP contribution is 2.40. The van der Waals surface area contributed by atoms with E-state index in [2.05, 4.69) is 5.32 Å². The average molecular weight is 552 g/mol. The molecule has 0 unspecified atom stereocenters. The van der Waals surface area contributed by atoms with E-state index in [1.54, 1.807) is 34.1 Å². The Morgan fingerprint density at radius 1 is 1.00 bits per heavy atom. The Hall–Kier alpha value is -3.63. The number of carbonyl (C=O) groups excluding carboxylic acids is 3. The van der Waals surface area contributed by atoms with Crippen LogP contribution in [0.1, 0.15) is 52.0 Å². The zero-order valence-corrected chi connectivity index (χ0v) is 23.3. The van der Waals surface area contributed by atoms with Gasteiger partial charge in [0.15, 0.2) is 0 Å². The highest BCUT2D eigenvalue weighted by atomic mass is 16.5. The van der Waals surface area contributed by atoms with E-state index in [4.69, 9.17) is 18.9 Å². The number of hydrogen-bond acceptors (Lipinski definition) is 7. The van der Waals surface area contributed by atoms with Crippen molar-refractivity contribution in [2.75, 3.05) is 47.1 Å². The number of piperidine rings is 1. The first-order valence-corrected chi connectivity index (χ1v) is 13.8. The number of nitrogens with zero attached hydrogens (tertiary/aromatic N) is 2. The number of likely N-dealkylation sites (tertiary alicyclic amines) is 1. The first-order valence-electron chi connectivity index (χ1n) is 13.8. The van der Waals surface area contributed by atoms with Crippen LogP contribution in [-0.2, 0) is 14.3 Å². The van der Waals surface area contributed by atoms with Crippen molar-refractivity contribution in [1.82, 2.24) is 15.1 Å². The Morgan fingerprint density at radius 2 is 1.70 bits per heavy atom. The number of nitrogens with one attached hydrogen (secondary N) is 1. The van der Waals surface area contributed by atoms with Gasteiger partial charge in [-0.25, -0.2) is 0 Å². The summed E-state index contributed by atoms with van der Waals surface area (Å²) in [6.45, 7) is 3.74. The molecular formula is C30H37N3O7. The smallest absolute Gasteiger partial charge is 0.261 e. The van der Waals surface area contributed by atoms with Gasteiger partial charge < -0.3 is 29.2 Å². The molecule has 3 heterocycles. The molecule has 3 aliphatic rings. The molecule has 3 aliphatic heterocycles. The maximum atomic E-state index is 14.0. The molecule has 0 saturated carbocycles. The Bertz CT molecular complexity index is 1230. The Kier molecular flexibility index (Phi) is 8.27. The summed E-state index contributed by atoms with van der Waals surface area (Å²) in [5, 5.41) is 2.98. The summed E-state index contributed by atoms with van der Waals surface area (Å²) < 4.78 is 22.9. The van der Waals surface area contributed by atoms with Gasteiger partial charge >= 0.3 is 0 Å². The lowest BCUT2D eigenvalue weighted by molar-refractivity contribution is -0.128. The van der Waals surface area contributed by atoms with E-state index in [-0.39, 0.29) is 30.4 Å². The molecule has 3 saturated heterocycles. The van der Waals surface area contributed by atoms with Crippen molar-refractivity contribution in [2.24, 2.45) is 0 Å². The van der Waals surface area contributed by atoms with Gasteiger partial charge in [-0.2, -0.15) is 0 Å². The Labute approximate surface area is 234 Å². The molecule has 5 rings (SSSR count). The molecule has 2 aromatic rings. The van der Waals surface area contributed by atoms with Crippen molar-refractivity contribution in [3.63, 3.8) is 0 Å². The van der Waals surface area contributed by atoms with Crippen LogP contribution in [0, 0.1) is 6.92 Å². The zero-order chi connectivity index (χ0) is 28.3. The van der Waals surface area contributed by atoms with E-state index < -0.39 is 11.8 Å². The second-order valence-corrected chi connectivity index (χ2v) is 10.5. The molecule has 3 fully saturated rings. The first-order chi connectivity index (χ1) is 19.4. The van der Waals surface area contributed by atoms with Crippen LogP contribution in [0.25, 0.3) is 0 Å². The zero-order valence-electron chi connectivity index (χ0n) is 23.3. The molecule has 1 spiro atoms. The van der Waals surface area contributed by atoms with Gasteiger partial charge in [-0.05, 0) is 43.5 Å². The minimum Gasteiger partial charge on any atom is -0.496 e. The van der Waals surface area contributed by atoms with Crippen LogP contribution >= 0.6 is 0 Å². The monoisotopic (exact) mass is 551 g/mol. The van der Waals surface area contributed by atoms with Crippen molar-refractivity contribution in [3.8, 4) is 11.5 Å². The molecule has 0 bridgehead atoms. The van der Waals surface area contributed by atoms with Gasteiger partial charge in [-0.15, -0.1) is 0 Å². The van der Waals surface area contributed by atoms with Gasteiger partial charge in [0.2, 0.25) is 5.91 Å². The summed E-state index contributed by atoms with van der Waals surface area (Å²) in [4.78, 5) is 44.4. The number of carbonyl (C=O) groups is 3. The third-order valence-corrected chi connectivity index (χ3v) is 8.16. The Balaban J connectivity index is 1.38. The second kappa shape index (κ2) is 11.9. The SMILES string of the molecule is COc1cccc(OC)c1C(=O)N1CCC2(CC1)OC[C@H](C(=O)NC[C@@H]1CCCO1)N2C(=O)c1ccccc1C. The van der Waals surface area contributed by atoms with E-state index in [0.717, 1.165) is 18.4 Å². The number of ether oxygens (including phenoxy) is 4. The topological polar surface area (TPSA) is 107 Å². The molecule has 2 atom stereocenters. The first kappa shape index (κ1) is 27.9. The standard InChI is InChI=1S/C30H37N3O7/c1-20-8-4-5-10-22(20)28(35)33-23(27(34)31-18-21-9-7-17-39-21)19-40-30(33)13-15-32(16-14-30)29(36)26-24(37-2)11-6-12-25(26)38-3/h4-6,8,10-12,21,23H,7,9,13-19H2,1-3H3,(H,31,34)/t21-,23+/m0/s1. The second-order valence-electron chi connectivity index (χ2n) is 10.5. The summed E-state index contributed by atoms with van der Waals surface area (Å²) in [5.74, 6) is 0.137. The van der Waals surface area contributed by atoms with Crippen LogP contribution in [0.4, 0.5) is 0 Å². The van der Waals surface area contributed by atoms with Gasteiger partial charge in [-0.3, -0.25) is 19.3 Å². The summed E-state index contributed by atoms with van der Waals surface area (Å²) in [7, 11) is 3.03. The lowest BCUT2D eigenvalue weighted by atomic mass is 9.95. The molecule has 40 heavy (non-hydrogen) atoms. The van der Waals surface area contributed by atoms with Crippen molar-refractivity contribution < 1.29 is 33.3 Å². The van der Waals surface area contributed by atoms with Crippen LogP contribution in [-0.4, -0.2) is 92.5 Å². The van der Waals surface area contributed by atoms with Crippen molar-refractivity contribution >= 4 is 17.7 Å². The molecule has 0 radical (unpaired) electrons. The van der Waals surface area contributed by atoms with E-state index in [0.29, 0.717) is 61.7 Å². The van der Waals surface area contributed by atoms with E-state index >= 15 is 0 Å². The van der Waals surface area contributed by atoms with Crippen LogP contribution in [0.5, 0.6) is 11.5 Å². The summed E-state index contributed by atoms with van der Waals surface area (Å²) in [6, 6.07) is 11.8. The molecule has 0 aromatic heterocycles. The fraction of sp³-hybridized carbons (Fsp3) is 0.500. The molecule has 1 N–H and O–H groups in total. The summed E-state index contributed by atoms with van der Waals surface area (Å²) >= 11 is 0. The van der Waals surface area contributed by atoms with Crippen LogP contribution in [0.2, 0.25) is 0 Å². The lowest BCUT2D eigenvalue weighted by Crippen LogP contribution is -2.60. The predicted molar refractivity (Wildman–Crippen MR) is 146 cm³/mol. The van der Waals surface area contributed by atoms with Crippen molar-refractivity contribution in [3.05, 3.63) is 59.2 Å². The molecule has 214 valence electrons. The van der Waals surface area contributed by atoms with Gasteiger partial charge in [0, 0.05) is 44.6 Å². The summed E-state index contributed by atoms with van der Waals surface area (Å²) in [6.07, 6.45) is 2.59. The third kappa shape index (κ3) is 5.25. The normalized spacial score (nSPS) is 21.9. The fourth-order valence-corrected chi connectivity index (χ4v) is 5.93. The largest absolute Gasteiger partial charge is 0.496 e. The van der Waals surface area contributed by atoms with Crippen molar-refractivity contribution in [1.29, 1.82) is 0 Å². The molecule has 10 nitrogen and oxygen atoms in total. The van der Waals surface area contributed by atoms with Crippen LogP contribution < -0.4 is 14.8 Å². The van der Waals surface area contributed by atoms with E-state index in [1.807, 2.05) is 25.1 Å². The minimum absolute atomic E-state index is 0.0121. The number of hydrogen-bond donors (Lipinski definition) is 1. The van der Waals surface area contributed by atoms with E-state index in [9.17, 15) is 14.4 Å². The Morgan fingerprint density at radius 3 is 2.33 bits per heavy atom. The maximum Gasteiger partial charge on any atom is 0.261 e. The summed E-state index contributed by atoms with van der Waals surface area (Å²) in [5.41, 5.74) is 0.702. The number of benzene rings is 2.